The lowest BCUT2D eigenvalue weighted by atomic mass is 10.0. The van der Waals surface area contributed by atoms with Crippen LogP contribution in [0.3, 0.4) is 0 Å². The Morgan fingerprint density at radius 1 is 1.44 bits per heavy atom. The first kappa shape index (κ1) is 13.1. The van der Waals surface area contributed by atoms with Gasteiger partial charge in [-0.2, -0.15) is 0 Å². The molecule has 1 aliphatic heterocycles. The SMILES string of the molecule is CCC(=O)N1Cc2ccc(C(O)COC)cc2C1. The van der Waals surface area contributed by atoms with Crippen LogP contribution in [0.25, 0.3) is 0 Å². The molecule has 0 aromatic heterocycles. The molecule has 98 valence electrons. The molecule has 4 heteroatoms. The van der Waals surface area contributed by atoms with E-state index in [2.05, 4.69) is 0 Å². The van der Waals surface area contributed by atoms with Crippen LogP contribution in [0.15, 0.2) is 18.2 Å². The molecule has 1 unspecified atom stereocenters. The van der Waals surface area contributed by atoms with E-state index >= 15 is 0 Å². The molecular formula is C14H19NO3. The van der Waals surface area contributed by atoms with E-state index in [9.17, 15) is 9.90 Å². The summed E-state index contributed by atoms with van der Waals surface area (Å²) in [5.74, 6) is 0.171. The summed E-state index contributed by atoms with van der Waals surface area (Å²) in [5.41, 5.74) is 3.15. The van der Waals surface area contributed by atoms with E-state index in [0.29, 0.717) is 19.5 Å². The minimum Gasteiger partial charge on any atom is -0.386 e. The van der Waals surface area contributed by atoms with Crippen LogP contribution in [0.2, 0.25) is 0 Å². The Morgan fingerprint density at radius 2 is 2.17 bits per heavy atom. The zero-order valence-electron chi connectivity index (χ0n) is 10.8. The van der Waals surface area contributed by atoms with Crippen molar-refractivity contribution in [2.24, 2.45) is 0 Å². The Morgan fingerprint density at radius 3 is 2.83 bits per heavy atom. The number of aliphatic hydroxyl groups is 1. The van der Waals surface area contributed by atoms with Crippen LogP contribution < -0.4 is 0 Å². The Labute approximate surface area is 107 Å². The van der Waals surface area contributed by atoms with E-state index in [1.807, 2.05) is 30.0 Å². The minimum atomic E-state index is -0.601. The van der Waals surface area contributed by atoms with Gasteiger partial charge in [-0.15, -0.1) is 0 Å². The van der Waals surface area contributed by atoms with Crippen molar-refractivity contribution < 1.29 is 14.6 Å². The van der Waals surface area contributed by atoms with Gasteiger partial charge >= 0.3 is 0 Å². The summed E-state index contributed by atoms with van der Waals surface area (Å²) in [6.45, 7) is 3.49. The molecule has 0 radical (unpaired) electrons. The number of amides is 1. The Bertz CT molecular complexity index is 445. The highest BCUT2D eigenvalue weighted by atomic mass is 16.5. The number of aliphatic hydroxyl groups excluding tert-OH is 1. The summed E-state index contributed by atoms with van der Waals surface area (Å²) in [6.07, 6.45) is -0.0658. The van der Waals surface area contributed by atoms with E-state index in [-0.39, 0.29) is 12.5 Å². The van der Waals surface area contributed by atoms with Gasteiger partial charge in [-0.3, -0.25) is 4.79 Å². The topological polar surface area (TPSA) is 49.8 Å². The third kappa shape index (κ3) is 2.54. The van der Waals surface area contributed by atoms with Gasteiger partial charge in [0.1, 0.15) is 6.10 Å². The van der Waals surface area contributed by atoms with Gasteiger partial charge in [-0.25, -0.2) is 0 Å². The van der Waals surface area contributed by atoms with Crippen LogP contribution in [-0.2, 0) is 22.6 Å². The molecule has 0 bridgehead atoms. The van der Waals surface area contributed by atoms with E-state index in [4.69, 9.17) is 4.74 Å². The summed E-state index contributed by atoms with van der Waals surface area (Å²) >= 11 is 0. The van der Waals surface area contributed by atoms with Gasteiger partial charge in [0.05, 0.1) is 6.61 Å². The predicted octanol–water partition coefficient (Wildman–Crippen LogP) is 1.62. The average Bonchev–Trinajstić information content (AvgIpc) is 2.80. The highest BCUT2D eigenvalue weighted by molar-refractivity contribution is 5.76. The fraction of sp³-hybridized carbons (Fsp3) is 0.500. The van der Waals surface area contributed by atoms with Crippen LogP contribution >= 0.6 is 0 Å². The van der Waals surface area contributed by atoms with Gasteiger partial charge in [0.25, 0.3) is 0 Å². The zero-order chi connectivity index (χ0) is 13.1. The molecule has 1 amide bonds. The Balaban J connectivity index is 2.14. The van der Waals surface area contributed by atoms with Crippen LogP contribution in [-0.4, -0.2) is 29.6 Å². The lowest BCUT2D eigenvalue weighted by Gasteiger charge is -2.13. The molecule has 0 saturated carbocycles. The highest BCUT2D eigenvalue weighted by Gasteiger charge is 2.23. The number of benzene rings is 1. The van der Waals surface area contributed by atoms with Crippen molar-refractivity contribution >= 4 is 5.91 Å². The normalized spacial score (nSPS) is 15.6. The van der Waals surface area contributed by atoms with Gasteiger partial charge in [0.2, 0.25) is 5.91 Å². The molecule has 4 nitrogen and oxygen atoms in total. The van der Waals surface area contributed by atoms with Gasteiger partial charge < -0.3 is 14.7 Å². The molecule has 0 spiro atoms. The standard InChI is InChI=1S/C14H19NO3/c1-3-14(17)15-7-11-5-4-10(6-12(11)8-15)13(16)9-18-2/h4-6,13,16H,3,7-9H2,1-2H3. The average molecular weight is 249 g/mol. The summed E-state index contributed by atoms with van der Waals surface area (Å²) in [6, 6.07) is 5.87. The number of carbonyl (C=O) groups is 1. The first-order chi connectivity index (χ1) is 8.65. The zero-order valence-corrected chi connectivity index (χ0v) is 10.8. The molecule has 2 rings (SSSR count). The lowest BCUT2D eigenvalue weighted by molar-refractivity contribution is -0.131. The number of methoxy groups -OCH3 is 1. The van der Waals surface area contributed by atoms with Crippen LogP contribution in [0.1, 0.15) is 36.1 Å². The molecule has 1 atom stereocenters. The first-order valence-corrected chi connectivity index (χ1v) is 6.22. The molecule has 1 aliphatic rings. The van der Waals surface area contributed by atoms with Crippen LogP contribution in [0.5, 0.6) is 0 Å². The number of carbonyl (C=O) groups excluding carboxylic acids is 1. The first-order valence-electron chi connectivity index (χ1n) is 6.22. The summed E-state index contributed by atoms with van der Waals surface area (Å²) in [5, 5.41) is 9.87. The van der Waals surface area contributed by atoms with Crippen LogP contribution in [0.4, 0.5) is 0 Å². The van der Waals surface area contributed by atoms with Crippen molar-refractivity contribution in [3.8, 4) is 0 Å². The van der Waals surface area contributed by atoms with Gasteiger partial charge in [-0.1, -0.05) is 25.1 Å². The number of nitrogens with zero attached hydrogens (tertiary/aromatic N) is 1. The third-order valence-corrected chi connectivity index (χ3v) is 3.32. The predicted molar refractivity (Wildman–Crippen MR) is 67.8 cm³/mol. The van der Waals surface area contributed by atoms with Gasteiger partial charge in [-0.05, 0) is 16.7 Å². The van der Waals surface area contributed by atoms with E-state index in [1.54, 1.807) is 7.11 Å². The van der Waals surface area contributed by atoms with Gasteiger partial charge in [0, 0.05) is 26.6 Å². The maximum atomic E-state index is 11.7. The lowest BCUT2D eigenvalue weighted by Crippen LogP contribution is -2.23. The number of fused-ring (bicyclic) bond motifs is 1. The van der Waals surface area contributed by atoms with E-state index < -0.39 is 6.10 Å². The third-order valence-electron chi connectivity index (χ3n) is 3.32. The fourth-order valence-electron chi connectivity index (χ4n) is 2.28. The molecule has 0 fully saturated rings. The number of hydrogen-bond acceptors (Lipinski definition) is 3. The van der Waals surface area contributed by atoms with Gasteiger partial charge in [0.15, 0.2) is 0 Å². The monoisotopic (exact) mass is 249 g/mol. The van der Waals surface area contributed by atoms with Crippen LogP contribution in [0, 0.1) is 0 Å². The smallest absolute Gasteiger partial charge is 0.222 e. The van der Waals surface area contributed by atoms with Crippen molar-refractivity contribution in [3.63, 3.8) is 0 Å². The number of hydrogen-bond donors (Lipinski definition) is 1. The summed E-state index contributed by atoms with van der Waals surface area (Å²) in [7, 11) is 1.57. The van der Waals surface area contributed by atoms with Crippen molar-refractivity contribution in [2.45, 2.75) is 32.5 Å². The number of rotatable bonds is 4. The highest BCUT2D eigenvalue weighted by Crippen LogP contribution is 2.26. The maximum Gasteiger partial charge on any atom is 0.222 e. The van der Waals surface area contributed by atoms with Crippen molar-refractivity contribution in [3.05, 3.63) is 34.9 Å². The van der Waals surface area contributed by atoms with E-state index in [0.717, 1.165) is 11.1 Å². The van der Waals surface area contributed by atoms with Crippen molar-refractivity contribution in [1.29, 1.82) is 0 Å². The summed E-state index contributed by atoms with van der Waals surface area (Å²) in [4.78, 5) is 13.5. The quantitative estimate of drug-likeness (QED) is 0.882. The molecule has 1 N–H and O–H groups in total. The molecule has 1 heterocycles. The second kappa shape index (κ2) is 5.50. The minimum absolute atomic E-state index is 0.171. The molecular weight excluding hydrogens is 230 g/mol. The number of ether oxygens (including phenoxy) is 1. The Kier molecular flexibility index (Phi) is 3.99. The largest absolute Gasteiger partial charge is 0.386 e. The molecule has 1 aromatic rings. The molecule has 0 aliphatic carbocycles. The molecule has 0 saturated heterocycles. The Hall–Kier alpha value is -1.39. The fourth-order valence-corrected chi connectivity index (χ4v) is 2.28. The summed E-state index contributed by atoms with van der Waals surface area (Å²) < 4.78 is 4.94. The molecule has 18 heavy (non-hydrogen) atoms. The molecule has 1 aromatic carbocycles. The second-order valence-corrected chi connectivity index (χ2v) is 4.60. The van der Waals surface area contributed by atoms with Crippen molar-refractivity contribution in [2.75, 3.05) is 13.7 Å². The second-order valence-electron chi connectivity index (χ2n) is 4.60. The van der Waals surface area contributed by atoms with Crippen molar-refractivity contribution in [1.82, 2.24) is 4.90 Å². The maximum absolute atomic E-state index is 11.7. The van der Waals surface area contributed by atoms with E-state index in [1.165, 1.54) is 5.56 Å².